The first-order valence-corrected chi connectivity index (χ1v) is 3.41. The smallest absolute Gasteiger partial charge is 0.331 e. The van der Waals surface area contributed by atoms with Crippen LogP contribution >= 0.6 is 0 Å². The molecule has 0 aliphatic heterocycles. The van der Waals surface area contributed by atoms with Crippen LogP contribution in [0.15, 0.2) is 11.6 Å². The second-order valence-corrected chi connectivity index (χ2v) is 2.59. The van der Waals surface area contributed by atoms with Crippen LogP contribution in [0.5, 0.6) is 0 Å². The molecule has 0 spiro atoms. The fourth-order valence-electron chi connectivity index (χ4n) is 1.05. The maximum atomic E-state index is 10.3. The standard InChI is InChI=1S/C7H10O4/c8-5-2-1-4(7(10)11)3-6(5)9/h3,5-6,8-9H,1-2H2,(H,10,11). The number of hydrogen-bond acceptors (Lipinski definition) is 3. The van der Waals surface area contributed by atoms with Gasteiger partial charge in [0.05, 0.1) is 12.2 Å². The minimum absolute atomic E-state index is 0.183. The van der Waals surface area contributed by atoms with E-state index in [0.717, 1.165) is 0 Å². The minimum atomic E-state index is -1.02. The van der Waals surface area contributed by atoms with Crippen LogP contribution in [0.2, 0.25) is 0 Å². The monoisotopic (exact) mass is 158 g/mol. The molecule has 0 saturated carbocycles. The van der Waals surface area contributed by atoms with Crippen LogP contribution in [-0.4, -0.2) is 33.5 Å². The number of aliphatic carboxylic acids is 1. The van der Waals surface area contributed by atoms with E-state index in [0.29, 0.717) is 12.8 Å². The number of hydrogen-bond donors (Lipinski definition) is 3. The molecule has 0 heterocycles. The second kappa shape index (κ2) is 3.02. The molecule has 0 aromatic heterocycles. The molecule has 2 atom stereocenters. The Morgan fingerprint density at radius 3 is 2.64 bits per heavy atom. The molecule has 1 aliphatic carbocycles. The van der Waals surface area contributed by atoms with Crippen molar-refractivity contribution in [3.63, 3.8) is 0 Å². The van der Waals surface area contributed by atoms with E-state index < -0.39 is 18.2 Å². The summed E-state index contributed by atoms with van der Waals surface area (Å²) in [5.41, 5.74) is 0.183. The lowest BCUT2D eigenvalue weighted by atomic mass is 9.95. The largest absolute Gasteiger partial charge is 0.478 e. The third kappa shape index (κ3) is 1.78. The molecule has 4 nitrogen and oxygen atoms in total. The van der Waals surface area contributed by atoms with Crippen molar-refractivity contribution in [2.45, 2.75) is 25.0 Å². The van der Waals surface area contributed by atoms with Gasteiger partial charge >= 0.3 is 5.97 Å². The van der Waals surface area contributed by atoms with E-state index in [1.54, 1.807) is 0 Å². The van der Waals surface area contributed by atoms with Crippen molar-refractivity contribution in [2.24, 2.45) is 0 Å². The van der Waals surface area contributed by atoms with E-state index in [1.165, 1.54) is 6.08 Å². The quantitative estimate of drug-likeness (QED) is 0.481. The molecule has 0 aromatic carbocycles. The molecule has 0 aromatic rings. The normalized spacial score (nSPS) is 31.3. The van der Waals surface area contributed by atoms with Crippen LogP contribution in [-0.2, 0) is 4.79 Å². The molecule has 0 saturated heterocycles. The van der Waals surface area contributed by atoms with Crippen molar-refractivity contribution in [1.82, 2.24) is 0 Å². The molecule has 62 valence electrons. The Morgan fingerprint density at radius 2 is 2.18 bits per heavy atom. The lowest BCUT2D eigenvalue weighted by molar-refractivity contribution is -0.133. The number of carboxylic acids is 1. The summed E-state index contributed by atoms with van der Waals surface area (Å²) in [5, 5.41) is 26.5. The van der Waals surface area contributed by atoms with E-state index in [-0.39, 0.29) is 5.57 Å². The van der Waals surface area contributed by atoms with Gasteiger partial charge in [-0.05, 0) is 18.9 Å². The van der Waals surface area contributed by atoms with Crippen LogP contribution in [0.4, 0.5) is 0 Å². The minimum Gasteiger partial charge on any atom is -0.478 e. The Morgan fingerprint density at radius 1 is 1.55 bits per heavy atom. The van der Waals surface area contributed by atoms with E-state index in [9.17, 15) is 4.79 Å². The Hall–Kier alpha value is -0.870. The van der Waals surface area contributed by atoms with Crippen LogP contribution < -0.4 is 0 Å². The summed E-state index contributed by atoms with van der Waals surface area (Å²) in [6.07, 6.45) is 0.0107. The highest BCUT2D eigenvalue weighted by atomic mass is 16.4. The van der Waals surface area contributed by atoms with Crippen molar-refractivity contribution in [1.29, 1.82) is 0 Å². The van der Waals surface area contributed by atoms with Crippen LogP contribution in [0.25, 0.3) is 0 Å². The summed E-state index contributed by atoms with van der Waals surface area (Å²) in [6.45, 7) is 0. The Balaban J connectivity index is 2.71. The summed E-state index contributed by atoms with van der Waals surface area (Å²) in [5.74, 6) is -1.02. The predicted molar refractivity (Wildman–Crippen MR) is 37.0 cm³/mol. The van der Waals surface area contributed by atoms with E-state index in [2.05, 4.69) is 0 Å². The van der Waals surface area contributed by atoms with Crippen LogP contribution in [0.1, 0.15) is 12.8 Å². The molecule has 1 aliphatic rings. The predicted octanol–water partition coefficient (Wildman–Crippen LogP) is -0.487. The number of aliphatic hydroxyl groups is 2. The highest BCUT2D eigenvalue weighted by Gasteiger charge is 2.23. The van der Waals surface area contributed by atoms with Gasteiger partial charge in [0.1, 0.15) is 0 Å². The number of rotatable bonds is 1. The van der Waals surface area contributed by atoms with Gasteiger partial charge in [-0.15, -0.1) is 0 Å². The molecule has 0 radical (unpaired) electrons. The maximum Gasteiger partial charge on any atom is 0.331 e. The van der Waals surface area contributed by atoms with Gasteiger partial charge in [-0.3, -0.25) is 0 Å². The molecule has 2 unspecified atom stereocenters. The van der Waals surface area contributed by atoms with E-state index in [1.807, 2.05) is 0 Å². The Labute approximate surface area is 63.8 Å². The van der Waals surface area contributed by atoms with Crippen molar-refractivity contribution in [3.05, 3.63) is 11.6 Å². The van der Waals surface area contributed by atoms with Gasteiger partial charge in [0, 0.05) is 5.57 Å². The molecule has 4 heteroatoms. The van der Waals surface area contributed by atoms with Gasteiger partial charge in [0.2, 0.25) is 0 Å². The van der Waals surface area contributed by atoms with Crippen molar-refractivity contribution >= 4 is 5.97 Å². The van der Waals surface area contributed by atoms with Crippen LogP contribution in [0, 0.1) is 0 Å². The zero-order chi connectivity index (χ0) is 8.43. The van der Waals surface area contributed by atoms with Gasteiger partial charge in [0.15, 0.2) is 0 Å². The SMILES string of the molecule is O=C(O)C1=CC(O)C(O)CC1. The van der Waals surface area contributed by atoms with Gasteiger partial charge in [0.25, 0.3) is 0 Å². The van der Waals surface area contributed by atoms with Crippen molar-refractivity contribution in [2.75, 3.05) is 0 Å². The van der Waals surface area contributed by atoms with Crippen molar-refractivity contribution in [3.8, 4) is 0 Å². The average Bonchev–Trinajstić information content (AvgIpc) is 1.94. The number of carbonyl (C=O) groups is 1. The summed E-state index contributed by atoms with van der Waals surface area (Å²) in [4.78, 5) is 10.3. The Bertz CT molecular complexity index is 197. The zero-order valence-electron chi connectivity index (χ0n) is 5.90. The first-order chi connectivity index (χ1) is 5.11. The molecule has 0 bridgehead atoms. The fourth-order valence-corrected chi connectivity index (χ4v) is 1.05. The highest BCUT2D eigenvalue weighted by molar-refractivity contribution is 5.86. The molecular weight excluding hydrogens is 148 g/mol. The zero-order valence-corrected chi connectivity index (χ0v) is 5.90. The first-order valence-electron chi connectivity index (χ1n) is 3.41. The summed E-state index contributed by atoms with van der Waals surface area (Å²) in [7, 11) is 0. The van der Waals surface area contributed by atoms with Gasteiger partial charge in [-0.25, -0.2) is 4.79 Å². The van der Waals surface area contributed by atoms with E-state index >= 15 is 0 Å². The highest BCUT2D eigenvalue weighted by Crippen LogP contribution is 2.18. The number of carboxylic acid groups (broad SMARTS) is 1. The average molecular weight is 158 g/mol. The lowest BCUT2D eigenvalue weighted by Gasteiger charge is -2.20. The van der Waals surface area contributed by atoms with Gasteiger partial charge < -0.3 is 15.3 Å². The first kappa shape index (κ1) is 8.23. The molecule has 0 fully saturated rings. The molecule has 1 rings (SSSR count). The van der Waals surface area contributed by atoms with Crippen LogP contribution in [0.3, 0.4) is 0 Å². The van der Waals surface area contributed by atoms with Gasteiger partial charge in [-0.2, -0.15) is 0 Å². The maximum absolute atomic E-state index is 10.3. The summed E-state index contributed by atoms with van der Waals surface area (Å²) >= 11 is 0. The topological polar surface area (TPSA) is 77.8 Å². The second-order valence-electron chi connectivity index (χ2n) is 2.59. The van der Waals surface area contributed by atoms with E-state index in [4.69, 9.17) is 15.3 Å². The lowest BCUT2D eigenvalue weighted by Crippen LogP contribution is -2.28. The Kier molecular flexibility index (Phi) is 2.26. The summed E-state index contributed by atoms with van der Waals surface area (Å²) in [6, 6.07) is 0. The molecular formula is C7H10O4. The fraction of sp³-hybridized carbons (Fsp3) is 0.571. The third-order valence-electron chi connectivity index (χ3n) is 1.75. The van der Waals surface area contributed by atoms with Crippen molar-refractivity contribution < 1.29 is 20.1 Å². The van der Waals surface area contributed by atoms with Gasteiger partial charge in [-0.1, -0.05) is 0 Å². The molecule has 0 amide bonds. The summed E-state index contributed by atoms with van der Waals surface area (Å²) < 4.78 is 0. The number of aliphatic hydroxyl groups excluding tert-OH is 2. The molecule has 3 N–H and O–H groups in total. The third-order valence-corrected chi connectivity index (χ3v) is 1.75. The molecule has 11 heavy (non-hydrogen) atoms.